The second-order valence-electron chi connectivity index (χ2n) is 11.7. The maximum Gasteiger partial charge on any atom is 0.420 e. The van der Waals surface area contributed by atoms with E-state index < -0.39 is 59.3 Å². The van der Waals surface area contributed by atoms with Gasteiger partial charge in [-0.2, -0.15) is 4.90 Å². The van der Waals surface area contributed by atoms with Gasteiger partial charge in [0.05, 0.1) is 25.4 Å². The third-order valence-corrected chi connectivity index (χ3v) is 4.92. The van der Waals surface area contributed by atoms with Gasteiger partial charge in [0.1, 0.15) is 29.5 Å². The molecule has 0 aromatic heterocycles. The van der Waals surface area contributed by atoms with Crippen LogP contribution in [-0.2, 0) is 33.2 Å². The highest BCUT2D eigenvalue weighted by molar-refractivity contribution is 5.94. The Bertz CT molecular complexity index is 810. The van der Waals surface area contributed by atoms with Gasteiger partial charge in [-0.25, -0.2) is 14.4 Å². The van der Waals surface area contributed by atoms with Gasteiger partial charge in [-0.1, -0.05) is 18.2 Å². The van der Waals surface area contributed by atoms with Crippen LogP contribution >= 0.6 is 0 Å². The highest BCUT2D eigenvalue weighted by Crippen LogP contribution is 2.25. The summed E-state index contributed by atoms with van der Waals surface area (Å²) in [6, 6.07) is -1.47. The fraction of sp³-hybridized carbons (Fsp3) is 0.741. The average Bonchev–Trinajstić information content (AvgIpc) is 2.73. The molecule has 0 aromatic carbocycles. The molecular weight excluding hydrogens is 482 g/mol. The molecule has 1 aliphatic rings. The molecule has 1 saturated heterocycles. The zero-order valence-electron chi connectivity index (χ0n) is 24.0. The molecule has 10 nitrogen and oxygen atoms in total. The van der Waals surface area contributed by atoms with Gasteiger partial charge < -0.3 is 28.4 Å². The van der Waals surface area contributed by atoms with E-state index in [-0.39, 0.29) is 19.8 Å². The number of amides is 2. The number of cyclic esters (lactones) is 1. The lowest BCUT2D eigenvalue weighted by atomic mass is 10.1. The maximum atomic E-state index is 13.4. The van der Waals surface area contributed by atoms with Crippen LogP contribution in [0.2, 0.25) is 0 Å². The first-order chi connectivity index (χ1) is 16.8. The van der Waals surface area contributed by atoms with E-state index in [0.717, 1.165) is 5.57 Å². The topological polar surface area (TPSA) is 110 Å². The molecule has 4 atom stereocenters. The van der Waals surface area contributed by atoms with Gasteiger partial charge in [0.2, 0.25) is 0 Å². The summed E-state index contributed by atoms with van der Waals surface area (Å²) >= 11 is 0. The molecule has 4 unspecified atom stereocenters. The van der Waals surface area contributed by atoms with Gasteiger partial charge >= 0.3 is 18.2 Å². The first-order valence-electron chi connectivity index (χ1n) is 12.4. The van der Waals surface area contributed by atoms with Gasteiger partial charge in [0.15, 0.2) is 6.04 Å². The van der Waals surface area contributed by atoms with Crippen molar-refractivity contribution in [1.82, 2.24) is 4.90 Å². The van der Waals surface area contributed by atoms with E-state index >= 15 is 0 Å². The molecule has 2 amide bonds. The Morgan fingerprint density at radius 2 is 1.54 bits per heavy atom. The summed E-state index contributed by atoms with van der Waals surface area (Å²) in [6.07, 6.45) is -2.73. The summed E-state index contributed by atoms with van der Waals surface area (Å²) in [7, 11) is 0. The van der Waals surface area contributed by atoms with E-state index in [2.05, 4.69) is 13.2 Å². The molecule has 0 bridgehead atoms. The molecule has 1 aliphatic heterocycles. The number of hydrogen-bond acceptors (Lipinski definition) is 9. The molecule has 0 saturated carbocycles. The highest BCUT2D eigenvalue weighted by Gasteiger charge is 2.44. The minimum atomic E-state index is -1.47. The minimum Gasteiger partial charge on any atom is -0.458 e. The fourth-order valence-electron chi connectivity index (χ4n) is 3.24. The second kappa shape index (κ2) is 12.9. The first kappa shape index (κ1) is 32.6. The Balaban J connectivity index is 3.40. The summed E-state index contributed by atoms with van der Waals surface area (Å²) in [5.41, 5.74) is -1.86. The fourth-order valence-corrected chi connectivity index (χ4v) is 3.24. The van der Waals surface area contributed by atoms with Crippen molar-refractivity contribution in [2.75, 3.05) is 19.8 Å². The number of ether oxygens (including phenoxy) is 6. The Morgan fingerprint density at radius 1 is 1.03 bits per heavy atom. The van der Waals surface area contributed by atoms with Gasteiger partial charge in [0, 0.05) is 0 Å². The minimum absolute atomic E-state index is 0.0217. The lowest BCUT2D eigenvalue weighted by molar-refractivity contribution is -0.177. The highest BCUT2D eigenvalue weighted by atomic mass is 16.6. The summed E-state index contributed by atoms with van der Waals surface area (Å²) in [6.45, 7) is 24.4. The average molecular weight is 528 g/mol. The lowest BCUT2D eigenvalue weighted by Crippen LogP contribution is -2.54. The Kier molecular flexibility index (Phi) is 11.4. The zero-order chi connectivity index (χ0) is 28.8. The van der Waals surface area contributed by atoms with Crippen molar-refractivity contribution < 1.29 is 42.8 Å². The van der Waals surface area contributed by atoms with Gasteiger partial charge in [-0.3, -0.25) is 0 Å². The third-order valence-electron chi connectivity index (χ3n) is 4.92. The summed E-state index contributed by atoms with van der Waals surface area (Å²) in [5, 5.41) is 0. The predicted molar refractivity (Wildman–Crippen MR) is 138 cm³/mol. The number of rotatable bonds is 7. The van der Waals surface area contributed by atoms with Crippen LogP contribution in [0.25, 0.3) is 0 Å². The van der Waals surface area contributed by atoms with Crippen LogP contribution < -0.4 is 0 Å². The van der Waals surface area contributed by atoms with Crippen molar-refractivity contribution >= 4 is 18.2 Å². The van der Waals surface area contributed by atoms with E-state index in [1.54, 1.807) is 61.5 Å². The van der Waals surface area contributed by atoms with E-state index in [0.29, 0.717) is 4.90 Å². The quantitative estimate of drug-likeness (QED) is 0.262. The van der Waals surface area contributed by atoms with Crippen molar-refractivity contribution in [3.8, 4) is 0 Å². The van der Waals surface area contributed by atoms with E-state index in [1.807, 2.05) is 13.8 Å². The monoisotopic (exact) mass is 527 g/mol. The maximum absolute atomic E-state index is 13.4. The van der Waals surface area contributed by atoms with E-state index in [1.165, 1.54) is 0 Å². The molecular formula is C27H45NO9. The molecule has 1 fully saturated rings. The Labute approximate surface area is 221 Å². The summed E-state index contributed by atoms with van der Waals surface area (Å²) in [4.78, 5) is 40.2. The third kappa shape index (κ3) is 11.2. The van der Waals surface area contributed by atoms with E-state index in [9.17, 15) is 14.4 Å². The molecule has 0 spiro atoms. The molecule has 0 aliphatic carbocycles. The van der Waals surface area contributed by atoms with Crippen LogP contribution in [0.3, 0.4) is 0 Å². The van der Waals surface area contributed by atoms with Crippen molar-refractivity contribution in [3.63, 3.8) is 0 Å². The van der Waals surface area contributed by atoms with Gasteiger partial charge in [0.25, 0.3) is 0 Å². The molecule has 0 aromatic rings. The summed E-state index contributed by atoms with van der Waals surface area (Å²) in [5.74, 6) is -0.878. The largest absolute Gasteiger partial charge is 0.458 e. The first-order valence-corrected chi connectivity index (χ1v) is 12.4. The van der Waals surface area contributed by atoms with Crippen molar-refractivity contribution in [3.05, 3.63) is 24.8 Å². The number of nitrogens with zero attached hydrogens (tertiary/aromatic N) is 1. The van der Waals surface area contributed by atoms with Gasteiger partial charge in [-0.05, 0) is 69.2 Å². The molecule has 0 radical (unpaired) electrons. The lowest BCUT2D eigenvalue weighted by Gasteiger charge is -2.35. The number of carbonyl (C=O) groups excluding carboxylic acids is 3. The van der Waals surface area contributed by atoms with Crippen LogP contribution in [-0.4, -0.2) is 84.0 Å². The molecule has 10 heteroatoms. The zero-order valence-corrected chi connectivity index (χ0v) is 24.0. The predicted octanol–water partition coefficient (Wildman–Crippen LogP) is 4.80. The van der Waals surface area contributed by atoms with Crippen LogP contribution in [0.1, 0.15) is 69.2 Å². The standard InChI is InChI=1S/C27H45NO9/c1-13-27(11,12)35-20-16-32-15-19(22(29)34-18(4)21(20)33-14-17(2)3)28(23(30)36-25(5,6)7)24(31)37-26(8,9)10/h13,18-21H,1-2,14-16H2,3-12H3. The SMILES string of the molecule is C=CC(C)(C)OC1COCC(N(C(=O)OC(C)(C)C)C(=O)OC(C)(C)C)C(=O)OC(C)C1OCC(=C)C. The molecule has 1 heterocycles. The van der Waals surface area contributed by atoms with Crippen molar-refractivity contribution in [2.45, 2.75) is 110 Å². The smallest absolute Gasteiger partial charge is 0.420 e. The molecule has 37 heavy (non-hydrogen) atoms. The summed E-state index contributed by atoms with van der Waals surface area (Å²) < 4.78 is 34.6. The number of carbonyl (C=O) groups is 3. The van der Waals surface area contributed by atoms with Crippen molar-refractivity contribution in [1.29, 1.82) is 0 Å². The van der Waals surface area contributed by atoms with Crippen LogP contribution in [0.4, 0.5) is 9.59 Å². The molecule has 1 rings (SSSR count). The number of hydrogen-bond donors (Lipinski definition) is 0. The van der Waals surface area contributed by atoms with Crippen LogP contribution in [0, 0.1) is 0 Å². The second-order valence-corrected chi connectivity index (χ2v) is 11.7. The Morgan fingerprint density at radius 3 is 1.97 bits per heavy atom. The van der Waals surface area contributed by atoms with Crippen molar-refractivity contribution in [2.24, 2.45) is 0 Å². The molecule has 0 N–H and O–H groups in total. The van der Waals surface area contributed by atoms with Crippen LogP contribution in [0.5, 0.6) is 0 Å². The normalized spacial score (nSPS) is 23.6. The Hall–Kier alpha value is -2.43. The van der Waals surface area contributed by atoms with Crippen LogP contribution in [0.15, 0.2) is 24.8 Å². The van der Waals surface area contributed by atoms with Gasteiger partial charge in [-0.15, -0.1) is 6.58 Å². The molecule has 212 valence electrons. The number of esters is 1. The van der Waals surface area contributed by atoms with E-state index in [4.69, 9.17) is 28.4 Å². The number of imide groups is 1.